The van der Waals surface area contributed by atoms with Crippen LogP contribution in [0.1, 0.15) is 29.2 Å². The van der Waals surface area contributed by atoms with E-state index in [1.807, 2.05) is 10.6 Å². The Hall–Kier alpha value is -2.14. The van der Waals surface area contributed by atoms with Crippen molar-refractivity contribution >= 4 is 23.0 Å². The first kappa shape index (κ1) is 16.3. The molecule has 0 amide bonds. The molecule has 25 heavy (non-hydrogen) atoms. The van der Waals surface area contributed by atoms with Gasteiger partial charge in [-0.15, -0.1) is 0 Å². The number of likely N-dealkylation sites (tertiary alicyclic amines) is 1. The highest BCUT2D eigenvalue weighted by Crippen LogP contribution is 2.35. The van der Waals surface area contributed by atoms with Crippen LogP contribution in [0.4, 0.5) is 5.69 Å². The van der Waals surface area contributed by atoms with Crippen molar-refractivity contribution in [3.63, 3.8) is 0 Å². The maximum atomic E-state index is 12.1. The second-order valence-electron chi connectivity index (χ2n) is 7.35. The molecule has 0 unspecified atom stereocenters. The minimum absolute atomic E-state index is 0.122. The van der Waals surface area contributed by atoms with Crippen molar-refractivity contribution in [3.05, 3.63) is 63.6 Å². The van der Waals surface area contributed by atoms with Crippen molar-refractivity contribution < 1.29 is 0 Å². The van der Waals surface area contributed by atoms with Crippen LogP contribution < -0.4 is 10.9 Å². The molecular formula is C20H23N3OS. The van der Waals surface area contributed by atoms with E-state index < -0.39 is 0 Å². The van der Waals surface area contributed by atoms with Gasteiger partial charge in [-0.25, -0.2) is 0 Å². The maximum absolute atomic E-state index is 12.1. The summed E-state index contributed by atoms with van der Waals surface area (Å²) in [6, 6.07) is 12.0. The Morgan fingerprint density at radius 2 is 2.00 bits per heavy atom. The van der Waals surface area contributed by atoms with E-state index in [4.69, 9.17) is 12.2 Å². The van der Waals surface area contributed by atoms with Gasteiger partial charge >= 0.3 is 0 Å². The summed E-state index contributed by atoms with van der Waals surface area (Å²) in [6.45, 7) is 6.77. The maximum Gasteiger partial charge on any atom is 0.250 e. The molecule has 3 heterocycles. The fourth-order valence-electron chi connectivity index (χ4n) is 4.13. The monoisotopic (exact) mass is 353 g/mol. The second-order valence-corrected chi connectivity index (χ2v) is 7.74. The van der Waals surface area contributed by atoms with Crippen LogP contribution in [0.5, 0.6) is 0 Å². The number of hydrogen-bond donors (Lipinski definition) is 1. The molecule has 4 rings (SSSR count). The van der Waals surface area contributed by atoms with Crippen LogP contribution in [0.2, 0.25) is 0 Å². The summed E-state index contributed by atoms with van der Waals surface area (Å²) in [6.07, 6.45) is 1.14. The van der Waals surface area contributed by atoms with Crippen LogP contribution in [0, 0.1) is 19.8 Å². The van der Waals surface area contributed by atoms with E-state index in [2.05, 4.69) is 48.3 Å². The lowest BCUT2D eigenvalue weighted by atomic mass is 9.83. The van der Waals surface area contributed by atoms with Crippen LogP contribution in [0.15, 0.2) is 41.2 Å². The number of rotatable bonds is 1. The fourth-order valence-corrected chi connectivity index (χ4v) is 4.39. The van der Waals surface area contributed by atoms with Gasteiger partial charge < -0.3 is 14.8 Å². The zero-order chi connectivity index (χ0) is 17.6. The number of nitrogens with one attached hydrogen (secondary N) is 1. The van der Waals surface area contributed by atoms with Crippen molar-refractivity contribution in [2.75, 3.05) is 18.4 Å². The lowest BCUT2D eigenvalue weighted by Crippen LogP contribution is -2.50. The summed E-state index contributed by atoms with van der Waals surface area (Å²) in [5.41, 5.74) is 4.78. The molecule has 130 valence electrons. The molecule has 2 aliphatic heterocycles. The van der Waals surface area contributed by atoms with Gasteiger partial charge in [0.25, 0.3) is 5.56 Å². The van der Waals surface area contributed by atoms with E-state index in [0.29, 0.717) is 11.8 Å². The molecule has 0 spiro atoms. The molecule has 1 fully saturated rings. The molecule has 1 aromatic carbocycles. The minimum Gasteiger partial charge on any atom is -0.348 e. The number of piperidine rings is 1. The van der Waals surface area contributed by atoms with Crippen molar-refractivity contribution in [1.29, 1.82) is 0 Å². The van der Waals surface area contributed by atoms with Crippen molar-refractivity contribution in [3.8, 4) is 0 Å². The Morgan fingerprint density at radius 1 is 1.16 bits per heavy atom. The predicted molar refractivity (Wildman–Crippen MR) is 105 cm³/mol. The number of anilines is 1. The van der Waals surface area contributed by atoms with E-state index in [0.717, 1.165) is 42.5 Å². The summed E-state index contributed by atoms with van der Waals surface area (Å²) in [4.78, 5) is 14.4. The first-order chi connectivity index (χ1) is 12.0. The quantitative estimate of drug-likeness (QED) is 0.799. The smallest absolute Gasteiger partial charge is 0.250 e. The first-order valence-electron chi connectivity index (χ1n) is 8.84. The minimum atomic E-state index is 0.122. The third kappa shape index (κ3) is 3.09. The van der Waals surface area contributed by atoms with E-state index in [1.54, 1.807) is 6.07 Å². The second kappa shape index (κ2) is 6.30. The average molecular weight is 353 g/mol. The van der Waals surface area contributed by atoms with Crippen molar-refractivity contribution in [2.45, 2.75) is 32.7 Å². The lowest BCUT2D eigenvalue weighted by Gasteiger charge is -2.43. The SMILES string of the molecule is Cc1ccc(C)c(NC(=S)N2C[C@H]3C[C@H](C2)c2cccc(=O)n2C3)c1. The molecule has 5 heteroatoms. The summed E-state index contributed by atoms with van der Waals surface area (Å²) in [5, 5.41) is 4.22. The van der Waals surface area contributed by atoms with Crippen LogP contribution in [0.25, 0.3) is 0 Å². The number of aromatic nitrogens is 1. The summed E-state index contributed by atoms with van der Waals surface area (Å²) in [7, 11) is 0. The van der Waals surface area contributed by atoms with Crippen LogP contribution in [0.3, 0.4) is 0 Å². The van der Waals surface area contributed by atoms with Crippen LogP contribution in [-0.2, 0) is 6.54 Å². The Kier molecular flexibility index (Phi) is 4.12. The Bertz CT molecular complexity index is 889. The molecule has 2 atom stereocenters. The highest BCUT2D eigenvalue weighted by Gasteiger charge is 2.35. The van der Waals surface area contributed by atoms with Gasteiger partial charge in [-0.3, -0.25) is 4.79 Å². The van der Waals surface area contributed by atoms with Gasteiger partial charge in [0, 0.05) is 43.0 Å². The molecule has 2 bridgehead atoms. The molecule has 0 radical (unpaired) electrons. The van der Waals surface area contributed by atoms with Gasteiger partial charge in [-0.1, -0.05) is 18.2 Å². The Labute approximate surface area is 153 Å². The standard InChI is InChI=1S/C20H23N3OS/c1-13-6-7-14(2)17(8-13)21-20(25)22-10-15-9-16(12-22)18-4-3-5-19(24)23(18)11-15/h3-8,15-16H,9-12H2,1-2H3,(H,21,25)/t15-,16-/m1/s1. The molecule has 1 aromatic heterocycles. The largest absolute Gasteiger partial charge is 0.348 e. The van der Waals surface area contributed by atoms with Gasteiger partial charge in [0.2, 0.25) is 0 Å². The molecule has 2 aliphatic rings. The highest BCUT2D eigenvalue weighted by molar-refractivity contribution is 7.80. The first-order valence-corrected chi connectivity index (χ1v) is 9.25. The molecule has 2 aromatic rings. The molecule has 4 nitrogen and oxygen atoms in total. The third-order valence-electron chi connectivity index (χ3n) is 5.40. The topological polar surface area (TPSA) is 37.3 Å². The summed E-state index contributed by atoms with van der Waals surface area (Å²) >= 11 is 5.71. The van der Waals surface area contributed by atoms with Gasteiger partial charge in [0.15, 0.2) is 5.11 Å². The average Bonchev–Trinajstić information content (AvgIpc) is 2.59. The van der Waals surface area contributed by atoms with Crippen LogP contribution in [-0.4, -0.2) is 27.7 Å². The molecule has 0 aliphatic carbocycles. The number of hydrogen-bond acceptors (Lipinski definition) is 2. The molecule has 1 saturated heterocycles. The van der Waals surface area contributed by atoms with Gasteiger partial charge in [-0.05, 0) is 61.7 Å². The predicted octanol–water partition coefficient (Wildman–Crippen LogP) is 3.28. The highest BCUT2D eigenvalue weighted by atomic mass is 32.1. The number of thiocarbonyl (C=S) groups is 1. The van der Waals surface area contributed by atoms with Crippen LogP contribution >= 0.6 is 12.2 Å². The zero-order valence-corrected chi connectivity index (χ0v) is 15.5. The summed E-state index contributed by atoms with van der Waals surface area (Å²) < 4.78 is 1.96. The number of benzene rings is 1. The Balaban J connectivity index is 1.55. The Morgan fingerprint density at radius 3 is 2.84 bits per heavy atom. The molecular weight excluding hydrogens is 330 g/mol. The number of aryl methyl sites for hydroxylation is 2. The van der Waals surface area contributed by atoms with E-state index in [1.165, 1.54) is 11.1 Å². The molecule has 1 N–H and O–H groups in total. The number of nitrogens with zero attached hydrogens (tertiary/aromatic N) is 2. The van der Waals surface area contributed by atoms with Gasteiger partial charge in [-0.2, -0.15) is 0 Å². The molecule has 0 saturated carbocycles. The van der Waals surface area contributed by atoms with Crippen molar-refractivity contribution in [1.82, 2.24) is 9.47 Å². The lowest BCUT2D eigenvalue weighted by molar-refractivity contribution is 0.180. The third-order valence-corrected chi connectivity index (χ3v) is 5.76. The fraction of sp³-hybridized carbons (Fsp3) is 0.400. The van der Waals surface area contributed by atoms with E-state index >= 15 is 0 Å². The summed E-state index contributed by atoms with van der Waals surface area (Å²) in [5.74, 6) is 0.851. The number of pyridine rings is 1. The van der Waals surface area contributed by atoms with Crippen molar-refractivity contribution in [2.24, 2.45) is 5.92 Å². The van der Waals surface area contributed by atoms with Gasteiger partial charge in [0.05, 0.1) is 0 Å². The van der Waals surface area contributed by atoms with E-state index in [-0.39, 0.29) is 5.56 Å². The van der Waals surface area contributed by atoms with Gasteiger partial charge in [0.1, 0.15) is 0 Å². The number of fused-ring (bicyclic) bond motifs is 4. The van der Waals surface area contributed by atoms with E-state index in [9.17, 15) is 4.79 Å². The zero-order valence-electron chi connectivity index (χ0n) is 14.7. The normalized spacial score (nSPS) is 21.6.